The first-order valence-electron chi connectivity index (χ1n) is 15.3. The molecule has 2 saturated heterocycles. The summed E-state index contributed by atoms with van der Waals surface area (Å²) in [6.07, 6.45) is 0. The van der Waals surface area contributed by atoms with E-state index in [-0.39, 0.29) is 23.5 Å². The molecule has 0 spiro atoms. The van der Waals surface area contributed by atoms with E-state index in [0.717, 1.165) is 33.4 Å². The molecule has 0 aliphatic carbocycles. The SMILES string of the molecule is Cc1ccc(C(C)C)c(OP2(=O)[O][In]([O]P(=O)(Oc3cc(C)ccc3C(C)C)[O][In]3[O]P(=O)(Oc4cc(C)ccc4C(C)C)[O]3)[O]2)c1. The topological polar surface area (TPSA) is 134 Å². The summed E-state index contributed by atoms with van der Waals surface area (Å²) >= 11 is -8.43. The van der Waals surface area contributed by atoms with Gasteiger partial charge in [-0.3, -0.25) is 0 Å². The normalized spacial score (nSPS) is 17.1. The number of aryl methyl sites for hydroxylation is 3. The van der Waals surface area contributed by atoms with Gasteiger partial charge < -0.3 is 0 Å². The zero-order valence-electron chi connectivity index (χ0n) is 27.8. The van der Waals surface area contributed by atoms with Crippen molar-refractivity contribution in [1.29, 1.82) is 0 Å². The van der Waals surface area contributed by atoms with E-state index in [2.05, 4.69) is 0 Å². The monoisotopic (exact) mass is 914 g/mol. The maximum atomic E-state index is 14.2. The van der Waals surface area contributed by atoms with Crippen molar-refractivity contribution in [2.24, 2.45) is 0 Å². The van der Waals surface area contributed by atoms with Crippen molar-refractivity contribution < 1.29 is 43.1 Å². The molecule has 0 N–H and O–H groups in total. The van der Waals surface area contributed by atoms with Crippen LogP contribution in [0.4, 0.5) is 0 Å². The standard InChI is InChI=1S/3C10H15O4P.2In/c3*1-7(2)9-5-4-8(3)6-10(9)14-15(11,12)13;;/h3*4-7H,1-3H3,(H2,11,12,13);;/q;;;2*+3/p-6. The second kappa shape index (κ2) is 14.8. The molecule has 0 bridgehead atoms. The molecule has 2 heterocycles. The molecule has 252 valence electrons. The molecule has 2 aliphatic rings. The Morgan fingerprint density at radius 1 is 0.574 bits per heavy atom. The number of benzene rings is 3. The Balaban J connectivity index is 1.32. The van der Waals surface area contributed by atoms with Crippen molar-refractivity contribution >= 4 is 69.0 Å². The van der Waals surface area contributed by atoms with Crippen molar-refractivity contribution in [2.75, 3.05) is 0 Å². The summed E-state index contributed by atoms with van der Waals surface area (Å²) in [5.74, 6) is 1.14. The second-order valence-electron chi connectivity index (χ2n) is 12.4. The fourth-order valence-electron chi connectivity index (χ4n) is 4.83. The first-order valence-corrected chi connectivity index (χ1v) is 27.7. The molecule has 0 unspecified atom stereocenters. The number of phosphoric acid groups is 3. The first kappa shape index (κ1) is 37.5. The predicted octanol–water partition coefficient (Wildman–Crippen LogP) is 9.94. The van der Waals surface area contributed by atoms with Gasteiger partial charge in [0.05, 0.1) is 0 Å². The molecular formula is C30H39In2O12P3. The second-order valence-corrected chi connectivity index (χ2v) is 31.0. The van der Waals surface area contributed by atoms with Crippen LogP contribution in [-0.4, -0.2) is 45.5 Å². The van der Waals surface area contributed by atoms with Crippen molar-refractivity contribution in [3.05, 3.63) is 88.0 Å². The molecule has 17 heteroatoms. The van der Waals surface area contributed by atoms with E-state index in [1.54, 1.807) is 18.2 Å². The minimum absolute atomic E-state index is 0.00492. The third-order valence-corrected chi connectivity index (χ3v) is 33.2. The Morgan fingerprint density at radius 3 is 1.23 bits per heavy atom. The summed E-state index contributed by atoms with van der Waals surface area (Å²) in [5.41, 5.74) is 5.02. The van der Waals surface area contributed by atoms with Gasteiger partial charge in [-0.05, 0) is 0 Å². The molecule has 3 aromatic rings. The van der Waals surface area contributed by atoms with E-state index >= 15 is 0 Å². The van der Waals surface area contributed by atoms with Gasteiger partial charge in [-0.1, -0.05) is 0 Å². The summed E-state index contributed by atoms with van der Waals surface area (Å²) in [5, 5.41) is 0. The summed E-state index contributed by atoms with van der Waals surface area (Å²) in [4.78, 5) is 0. The summed E-state index contributed by atoms with van der Waals surface area (Å²) in [6, 6.07) is 16.6. The molecule has 3 aromatic carbocycles. The molecule has 0 atom stereocenters. The van der Waals surface area contributed by atoms with Crippen molar-refractivity contribution in [3.63, 3.8) is 0 Å². The third-order valence-electron chi connectivity index (χ3n) is 7.29. The molecule has 0 amide bonds. The van der Waals surface area contributed by atoms with E-state index in [9.17, 15) is 13.7 Å². The molecule has 2 aliphatic heterocycles. The first-order chi connectivity index (χ1) is 22.0. The van der Waals surface area contributed by atoms with Crippen LogP contribution >= 0.6 is 23.5 Å². The van der Waals surface area contributed by atoms with Gasteiger partial charge in [0.1, 0.15) is 0 Å². The summed E-state index contributed by atoms with van der Waals surface area (Å²) in [6.45, 7) is 17.4. The Kier molecular flexibility index (Phi) is 11.8. The number of hydrogen-bond donors (Lipinski definition) is 0. The van der Waals surface area contributed by atoms with E-state index in [4.69, 9.17) is 29.4 Å². The maximum absolute atomic E-state index is 14.2. The molecule has 0 radical (unpaired) electrons. The molecule has 5 rings (SSSR count). The third kappa shape index (κ3) is 9.33. The van der Waals surface area contributed by atoms with E-state index < -0.39 is 69.0 Å². The Morgan fingerprint density at radius 2 is 0.894 bits per heavy atom. The van der Waals surface area contributed by atoms with Crippen LogP contribution in [0.2, 0.25) is 0 Å². The van der Waals surface area contributed by atoms with Gasteiger partial charge in [-0.2, -0.15) is 0 Å². The summed E-state index contributed by atoms with van der Waals surface area (Å²) < 4.78 is 91.8. The fourth-order valence-corrected chi connectivity index (χ4v) is 28.8. The van der Waals surface area contributed by atoms with Crippen LogP contribution in [0.3, 0.4) is 0 Å². The van der Waals surface area contributed by atoms with Crippen LogP contribution in [0.15, 0.2) is 54.6 Å². The van der Waals surface area contributed by atoms with Crippen molar-refractivity contribution in [3.8, 4) is 17.2 Å². The van der Waals surface area contributed by atoms with Crippen LogP contribution in [-0.2, 0) is 29.5 Å². The van der Waals surface area contributed by atoms with E-state index in [1.165, 1.54) is 0 Å². The zero-order chi connectivity index (χ0) is 34.3. The van der Waals surface area contributed by atoms with Gasteiger partial charge in [0.25, 0.3) is 0 Å². The fraction of sp³-hybridized carbons (Fsp3) is 0.400. The molecular weight excluding hydrogens is 875 g/mol. The number of hydrogen-bond acceptors (Lipinski definition) is 12. The Hall–Kier alpha value is -0.750. The molecule has 0 aromatic heterocycles. The van der Waals surface area contributed by atoms with Gasteiger partial charge in [0, 0.05) is 0 Å². The van der Waals surface area contributed by atoms with Gasteiger partial charge >= 0.3 is 297 Å². The quantitative estimate of drug-likeness (QED) is 0.151. The van der Waals surface area contributed by atoms with Crippen molar-refractivity contribution in [2.45, 2.75) is 80.1 Å². The molecule has 47 heavy (non-hydrogen) atoms. The van der Waals surface area contributed by atoms with Crippen LogP contribution in [0.5, 0.6) is 17.2 Å². The number of rotatable bonds is 13. The van der Waals surface area contributed by atoms with E-state index in [0.29, 0.717) is 11.5 Å². The Bertz CT molecular complexity index is 1670. The van der Waals surface area contributed by atoms with Gasteiger partial charge in [-0.15, -0.1) is 0 Å². The Labute approximate surface area is 295 Å². The average Bonchev–Trinajstić information content (AvgIpc) is 2.90. The van der Waals surface area contributed by atoms with Gasteiger partial charge in [0.15, 0.2) is 0 Å². The molecule has 12 nitrogen and oxygen atoms in total. The van der Waals surface area contributed by atoms with Crippen LogP contribution in [0, 0.1) is 20.8 Å². The van der Waals surface area contributed by atoms with Crippen LogP contribution < -0.4 is 13.6 Å². The van der Waals surface area contributed by atoms with Crippen molar-refractivity contribution in [1.82, 2.24) is 0 Å². The zero-order valence-corrected chi connectivity index (χ0v) is 37.1. The minimum atomic E-state index is -4.58. The summed E-state index contributed by atoms with van der Waals surface area (Å²) in [7, 11) is -12.7. The predicted molar refractivity (Wildman–Crippen MR) is 179 cm³/mol. The van der Waals surface area contributed by atoms with Crippen LogP contribution in [0.25, 0.3) is 0 Å². The van der Waals surface area contributed by atoms with Gasteiger partial charge in [0.2, 0.25) is 0 Å². The van der Waals surface area contributed by atoms with E-state index in [1.807, 2.05) is 98.7 Å². The average molecular weight is 914 g/mol. The van der Waals surface area contributed by atoms with Crippen LogP contribution in [0.1, 0.15) is 92.7 Å². The van der Waals surface area contributed by atoms with Gasteiger partial charge in [-0.25, -0.2) is 0 Å². The molecule has 2 fully saturated rings. The molecule has 0 saturated carbocycles.